The Morgan fingerprint density at radius 3 is 2.56 bits per heavy atom. The number of aromatic nitrogens is 2. The lowest BCUT2D eigenvalue weighted by molar-refractivity contribution is 0.0610. The van der Waals surface area contributed by atoms with Crippen molar-refractivity contribution in [1.82, 2.24) is 25.1 Å². The Kier molecular flexibility index (Phi) is 9.00. The van der Waals surface area contributed by atoms with E-state index in [0.717, 1.165) is 45.7 Å². The number of benzene rings is 1. The van der Waals surface area contributed by atoms with Crippen LogP contribution in [0.2, 0.25) is 5.15 Å². The third-order valence-corrected chi connectivity index (χ3v) is 7.58. The van der Waals surface area contributed by atoms with Crippen LogP contribution in [0.1, 0.15) is 47.8 Å². The Hall–Kier alpha value is -2.46. The summed E-state index contributed by atoms with van der Waals surface area (Å²) in [6.45, 7) is 10.1. The first-order chi connectivity index (χ1) is 17.4. The highest BCUT2D eigenvalue weighted by atomic mass is 35.5. The van der Waals surface area contributed by atoms with Gasteiger partial charge in [-0.25, -0.2) is 9.97 Å². The molecular formula is C26H38ClN7O2. The minimum atomic E-state index is -0.493. The molecule has 4 rings (SSSR count). The third kappa shape index (κ3) is 6.26. The van der Waals surface area contributed by atoms with Gasteiger partial charge in [0.05, 0.1) is 6.61 Å². The van der Waals surface area contributed by atoms with Gasteiger partial charge < -0.3 is 21.1 Å². The van der Waals surface area contributed by atoms with Gasteiger partial charge in [0.15, 0.2) is 22.5 Å². The van der Waals surface area contributed by atoms with Crippen molar-refractivity contribution >= 4 is 29.1 Å². The summed E-state index contributed by atoms with van der Waals surface area (Å²) >= 11 is 6.46. The molecule has 0 bridgehead atoms. The number of rotatable bonds is 8. The molecule has 1 aromatic heterocycles. The molecule has 2 fully saturated rings. The van der Waals surface area contributed by atoms with Gasteiger partial charge in [0, 0.05) is 44.8 Å². The number of carbonyl (C=O) groups excluding carboxylic acids is 1. The lowest BCUT2D eigenvalue weighted by atomic mass is 9.98. The Bertz CT molecular complexity index is 1030. The summed E-state index contributed by atoms with van der Waals surface area (Å²) in [6.07, 6.45) is 3.38. The van der Waals surface area contributed by atoms with Crippen LogP contribution >= 0.6 is 11.6 Å². The molecule has 1 atom stereocenters. The number of halogens is 1. The van der Waals surface area contributed by atoms with Crippen LogP contribution < -0.4 is 16.0 Å². The zero-order valence-corrected chi connectivity index (χ0v) is 22.0. The number of nitrogens with two attached hydrogens (primary N) is 1. The number of hydrogen-bond acceptors (Lipinski definition) is 8. The molecule has 0 radical (unpaired) electrons. The minimum Gasteiger partial charge on any atom is -0.395 e. The van der Waals surface area contributed by atoms with Gasteiger partial charge in [0.2, 0.25) is 0 Å². The number of nitrogen functional groups attached to an aromatic ring is 1. The van der Waals surface area contributed by atoms with Crippen molar-refractivity contribution in [2.45, 2.75) is 51.7 Å². The molecule has 1 aromatic carbocycles. The smallest absolute Gasteiger partial charge is 0.273 e. The van der Waals surface area contributed by atoms with E-state index in [0.29, 0.717) is 17.9 Å². The fourth-order valence-electron chi connectivity index (χ4n) is 5.31. The molecule has 2 aliphatic rings. The van der Waals surface area contributed by atoms with E-state index in [1.807, 2.05) is 0 Å². The van der Waals surface area contributed by atoms with E-state index >= 15 is 0 Å². The number of carbonyl (C=O) groups is 1. The van der Waals surface area contributed by atoms with Gasteiger partial charge in [-0.1, -0.05) is 48.4 Å². The van der Waals surface area contributed by atoms with Crippen molar-refractivity contribution in [2.24, 2.45) is 0 Å². The van der Waals surface area contributed by atoms with Crippen molar-refractivity contribution in [1.29, 1.82) is 0 Å². The Balaban J connectivity index is 1.35. The molecule has 9 nitrogen and oxygen atoms in total. The van der Waals surface area contributed by atoms with E-state index in [9.17, 15) is 4.79 Å². The molecule has 4 N–H and O–H groups in total. The fourth-order valence-corrected chi connectivity index (χ4v) is 5.55. The number of piperazine rings is 1. The van der Waals surface area contributed by atoms with Gasteiger partial charge in [0.25, 0.3) is 5.91 Å². The van der Waals surface area contributed by atoms with Gasteiger partial charge >= 0.3 is 0 Å². The summed E-state index contributed by atoms with van der Waals surface area (Å²) in [5.41, 5.74) is 8.73. The van der Waals surface area contributed by atoms with Crippen LogP contribution in [0.4, 0.5) is 11.6 Å². The van der Waals surface area contributed by atoms with Crippen molar-refractivity contribution < 1.29 is 9.90 Å². The number of hydrogen-bond donors (Lipinski definition) is 3. The van der Waals surface area contributed by atoms with E-state index in [-0.39, 0.29) is 29.8 Å². The molecule has 196 valence electrons. The molecule has 2 saturated heterocycles. The number of likely N-dealkylation sites (tertiary alicyclic amines) is 1. The Morgan fingerprint density at radius 2 is 1.89 bits per heavy atom. The number of aliphatic hydroxyl groups is 1. The van der Waals surface area contributed by atoms with Crippen LogP contribution in [0.25, 0.3) is 0 Å². The first-order valence-electron chi connectivity index (χ1n) is 12.9. The average Bonchev–Trinajstić information content (AvgIpc) is 2.89. The first-order valence-corrected chi connectivity index (χ1v) is 13.3. The van der Waals surface area contributed by atoms with Crippen LogP contribution in [0.5, 0.6) is 0 Å². The van der Waals surface area contributed by atoms with E-state index in [4.69, 9.17) is 22.4 Å². The summed E-state index contributed by atoms with van der Waals surface area (Å²) in [5, 5.41) is 11.6. The SMILES string of the molecule is CC[C@H]1CN(c2nc(N)c(C(=O)NCCO)nc2Cl)CCN1C1CCN(Cc2ccc(C)cc2)CC1. The fraction of sp³-hybridized carbons (Fsp3) is 0.577. The largest absolute Gasteiger partial charge is 0.395 e. The molecular weight excluding hydrogens is 478 g/mol. The highest BCUT2D eigenvalue weighted by Crippen LogP contribution is 2.30. The van der Waals surface area contributed by atoms with Gasteiger partial charge in [0.1, 0.15) is 0 Å². The second-order valence-electron chi connectivity index (χ2n) is 9.79. The van der Waals surface area contributed by atoms with Gasteiger partial charge in [-0.15, -0.1) is 0 Å². The quantitative estimate of drug-likeness (QED) is 0.491. The molecule has 1 amide bonds. The molecule has 2 aliphatic heterocycles. The van der Waals surface area contributed by atoms with Crippen LogP contribution in [0, 0.1) is 6.92 Å². The molecule has 36 heavy (non-hydrogen) atoms. The van der Waals surface area contributed by atoms with E-state index < -0.39 is 5.91 Å². The Labute approximate surface area is 218 Å². The summed E-state index contributed by atoms with van der Waals surface area (Å²) in [5.74, 6) is 0.0765. The van der Waals surface area contributed by atoms with Crippen LogP contribution in [0.3, 0.4) is 0 Å². The highest BCUT2D eigenvalue weighted by molar-refractivity contribution is 6.32. The predicted octanol–water partition coefficient (Wildman–Crippen LogP) is 2.31. The zero-order valence-electron chi connectivity index (χ0n) is 21.3. The first kappa shape index (κ1) is 26.6. The molecule has 2 aromatic rings. The summed E-state index contributed by atoms with van der Waals surface area (Å²) < 4.78 is 0. The molecule has 10 heteroatoms. The van der Waals surface area contributed by atoms with Crippen molar-refractivity contribution in [3.05, 3.63) is 46.2 Å². The second kappa shape index (κ2) is 12.2. The molecule has 0 unspecified atom stereocenters. The maximum absolute atomic E-state index is 12.2. The second-order valence-corrected chi connectivity index (χ2v) is 10.1. The topological polar surface area (TPSA) is 111 Å². The maximum atomic E-state index is 12.2. The Morgan fingerprint density at radius 1 is 1.17 bits per heavy atom. The average molecular weight is 516 g/mol. The van der Waals surface area contributed by atoms with Crippen molar-refractivity contribution in [2.75, 3.05) is 56.5 Å². The van der Waals surface area contributed by atoms with Gasteiger partial charge in [-0.3, -0.25) is 14.6 Å². The van der Waals surface area contributed by atoms with E-state index in [1.54, 1.807) is 0 Å². The van der Waals surface area contributed by atoms with Crippen molar-refractivity contribution in [3.63, 3.8) is 0 Å². The lowest BCUT2D eigenvalue weighted by Crippen LogP contribution is -2.58. The number of aryl methyl sites for hydroxylation is 1. The number of anilines is 2. The van der Waals surface area contributed by atoms with Gasteiger partial charge in [-0.2, -0.15) is 0 Å². The summed E-state index contributed by atoms with van der Waals surface area (Å²) in [6, 6.07) is 9.83. The summed E-state index contributed by atoms with van der Waals surface area (Å²) in [4.78, 5) is 28.3. The number of nitrogens with one attached hydrogen (secondary N) is 1. The number of aliphatic hydroxyl groups excluding tert-OH is 1. The van der Waals surface area contributed by atoms with E-state index in [1.165, 1.54) is 24.0 Å². The summed E-state index contributed by atoms with van der Waals surface area (Å²) in [7, 11) is 0. The normalized spacial score (nSPS) is 20.0. The maximum Gasteiger partial charge on any atom is 0.273 e. The molecule has 0 spiro atoms. The van der Waals surface area contributed by atoms with Gasteiger partial charge in [-0.05, 0) is 44.8 Å². The minimum absolute atomic E-state index is 0.0136. The van der Waals surface area contributed by atoms with Crippen molar-refractivity contribution in [3.8, 4) is 0 Å². The van der Waals surface area contributed by atoms with Crippen LogP contribution in [-0.4, -0.2) is 88.7 Å². The number of piperidine rings is 1. The molecule has 0 saturated carbocycles. The lowest BCUT2D eigenvalue weighted by Gasteiger charge is -2.47. The highest BCUT2D eigenvalue weighted by Gasteiger charge is 2.34. The van der Waals surface area contributed by atoms with Crippen LogP contribution in [-0.2, 0) is 6.54 Å². The molecule has 0 aliphatic carbocycles. The number of amides is 1. The standard InChI is InChI=1S/C26H38ClN7O2/c1-3-20-17-33(25-23(27)30-22(24(28)31-25)26(36)29-10-15-35)13-14-34(20)21-8-11-32(12-9-21)16-19-6-4-18(2)5-7-19/h4-7,20-21,35H,3,8-17H2,1-2H3,(H2,28,31)(H,29,36)/t20-/m0/s1. The monoisotopic (exact) mass is 515 g/mol. The predicted molar refractivity (Wildman–Crippen MR) is 143 cm³/mol. The number of nitrogens with zero attached hydrogens (tertiary/aromatic N) is 5. The van der Waals surface area contributed by atoms with Crippen LogP contribution in [0.15, 0.2) is 24.3 Å². The van der Waals surface area contributed by atoms with E-state index in [2.05, 4.69) is 68.1 Å². The molecule has 3 heterocycles. The zero-order chi connectivity index (χ0) is 25.7. The third-order valence-electron chi connectivity index (χ3n) is 7.33.